The van der Waals surface area contributed by atoms with Crippen molar-refractivity contribution in [3.05, 3.63) is 170 Å². The maximum Gasteiger partial charge on any atom is 0.178 e. The fraction of sp³-hybridized carbons (Fsp3) is 0.120. The molecule has 0 amide bonds. The number of ether oxygens (including phenoxy) is 6. The van der Waals surface area contributed by atoms with Gasteiger partial charge in [-0.1, -0.05) is 60.7 Å². The number of hydrogen-bond donors (Lipinski definition) is 0. The molecule has 0 bridgehead atoms. The van der Waals surface area contributed by atoms with Crippen LogP contribution in [-0.2, 0) is 9.13 Å². The van der Waals surface area contributed by atoms with E-state index in [9.17, 15) is 0 Å². The predicted molar refractivity (Wildman–Crippen MR) is 244 cm³/mol. The largest absolute Gasteiger partial charge is 0.497 e. The van der Waals surface area contributed by atoms with Crippen molar-refractivity contribution in [1.82, 2.24) is 0 Å². The number of benzene rings is 8. The van der Waals surface area contributed by atoms with E-state index in [1.807, 2.05) is 146 Å². The summed E-state index contributed by atoms with van der Waals surface area (Å²) in [6, 6.07) is 53.1. The molecule has 302 valence electrons. The Morgan fingerprint density at radius 2 is 0.633 bits per heavy atom. The molecule has 8 nitrogen and oxygen atoms in total. The quantitative estimate of drug-likeness (QED) is 0.0944. The van der Waals surface area contributed by atoms with E-state index in [2.05, 4.69) is 24.3 Å². The monoisotopic (exact) mass is 834 g/mol. The van der Waals surface area contributed by atoms with Crippen LogP contribution in [0.1, 0.15) is 0 Å². The third-order valence-electron chi connectivity index (χ3n) is 10.8. The standard InChI is InChI=1S/C50H44O8P2/c1-53-37-15-23-41(24-16-37)59(51,42-25-17-38(54-2)18-26-42)33-57-47-31-13-35-9-5-7-11-45(35)49(47)50-46-12-8-6-10-36(46)14-32-48(50)58-34-60(52,43-27-19-39(55-3)20-28-43)44-29-21-40(56-4)22-30-44/h5-32H,33-34H2,1-4H3. The first-order valence-electron chi connectivity index (χ1n) is 19.3. The van der Waals surface area contributed by atoms with E-state index in [-0.39, 0.29) is 12.7 Å². The maximum absolute atomic E-state index is 15.5. The van der Waals surface area contributed by atoms with E-state index in [0.29, 0.717) is 55.7 Å². The van der Waals surface area contributed by atoms with Gasteiger partial charge in [0, 0.05) is 32.3 Å². The maximum atomic E-state index is 15.5. The average Bonchev–Trinajstić information content (AvgIpc) is 3.32. The van der Waals surface area contributed by atoms with E-state index in [1.54, 1.807) is 28.4 Å². The van der Waals surface area contributed by atoms with Gasteiger partial charge in [-0.15, -0.1) is 0 Å². The molecular weight excluding hydrogens is 790 g/mol. The lowest BCUT2D eigenvalue weighted by Crippen LogP contribution is -2.21. The van der Waals surface area contributed by atoms with Gasteiger partial charge in [0.05, 0.1) is 28.4 Å². The number of methoxy groups -OCH3 is 4. The summed E-state index contributed by atoms with van der Waals surface area (Å²) in [7, 11) is -0.425. The highest BCUT2D eigenvalue weighted by Crippen LogP contribution is 2.51. The minimum absolute atomic E-state index is 0.137. The molecule has 8 aromatic rings. The molecule has 0 spiro atoms. The van der Waals surface area contributed by atoms with Crippen LogP contribution in [0.3, 0.4) is 0 Å². The Hall–Kier alpha value is -6.46. The smallest absolute Gasteiger partial charge is 0.178 e. The summed E-state index contributed by atoms with van der Waals surface area (Å²) >= 11 is 0. The van der Waals surface area contributed by atoms with E-state index in [1.165, 1.54) is 0 Å². The van der Waals surface area contributed by atoms with Crippen LogP contribution >= 0.6 is 14.3 Å². The van der Waals surface area contributed by atoms with Crippen molar-refractivity contribution in [3.63, 3.8) is 0 Å². The van der Waals surface area contributed by atoms with Crippen LogP contribution in [0.4, 0.5) is 0 Å². The van der Waals surface area contributed by atoms with E-state index in [4.69, 9.17) is 28.4 Å². The van der Waals surface area contributed by atoms with Crippen LogP contribution in [0.15, 0.2) is 170 Å². The molecule has 0 unspecified atom stereocenters. The first-order valence-corrected chi connectivity index (χ1v) is 23.1. The van der Waals surface area contributed by atoms with Gasteiger partial charge >= 0.3 is 0 Å². The van der Waals surface area contributed by atoms with Gasteiger partial charge < -0.3 is 37.6 Å². The van der Waals surface area contributed by atoms with Crippen LogP contribution in [0.25, 0.3) is 32.7 Å². The van der Waals surface area contributed by atoms with Gasteiger partial charge in [0.15, 0.2) is 14.3 Å². The minimum atomic E-state index is -3.42. The SMILES string of the molecule is COc1ccc(P(=O)(COc2ccc3ccccc3c2-c2c(OCP(=O)(c3ccc(OC)cc3)c3ccc(OC)cc3)ccc3ccccc23)c2ccc(OC)cc2)cc1. The molecule has 8 rings (SSSR count). The van der Waals surface area contributed by atoms with Gasteiger partial charge in [0.25, 0.3) is 0 Å². The van der Waals surface area contributed by atoms with Crippen molar-refractivity contribution in [3.8, 4) is 45.6 Å². The molecule has 0 aromatic heterocycles. The molecular formula is C50H44O8P2. The van der Waals surface area contributed by atoms with E-state index in [0.717, 1.165) is 32.7 Å². The topological polar surface area (TPSA) is 89.5 Å². The Morgan fingerprint density at radius 1 is 0.350 bits per heavy atom. The number of rotatable bonds is 15. The van der Waals surface area contributed by atoms with E-state index >= 15 is 9.13 Å². The second-order valence-electron chi connectivity index (χ2n) is 14.1. The minimum Gasteiger partial charge on any atom is -0.497 e. The van der Waals surface area contributed by atoms with Crippen LogP contribution in [0.2, 0.25) is 0 Å². The lowest BCUT2D eigenvalue weighted by atomic mass is 9.92. The predicted octanol–water partition coefficient (Wildman–Crippen LogP) is 10.4. The highest BCUT2D eigenvalue weighted by atomic mass is 31.2. The Morgan fingerprint density at radius 3 is 0.917 bits per heavy atom. The van der Waals surface area contributed by atoms with Crippen LogP contribution in [-0.4, -0.2) is 41.1 Å². The summed E-state index contributed by atoms with van der Waals surface area (Å²) in [4.78, 5) is 0. The number of fused-ring (bicyclic) bond motifs is 2. The Labute approximate surface area is 350 Å². The lowest BCUT2D eigenvalue weighted by molar-refractivity contribution is 0.376. The van der Waals surface area contributed by atoms with Crippen LogP contribution in [0, 0.1) is 0 Å². The first-order chi connectivity index (χ1) is 29.3. The van der Waals surface area contributed by atoms with Crippen LogP contribution < -0.4 is 49.6 Å². The first kappa shape index (κ1) is 40.3. The summed E-state index contributed by atoms with van der Waals surface area (Å²) in [5.41, 5.74) is 1.53. The zero-order valence-electron chi connectivity index (χ0n) is 33.7. The summed E-state index contributed by atoms with van der Waals surface area (Å²) in [6.07, 6.45) is -0.274. The van der Waals surface area contributed by atoms with Gasteiger partial charge in [-0.2, -0.15) is 0 Å². The molecule has 8 aromatic carbocycles. The average molecular weight is 835 g/mol. The van der Waals surface area contributed by atoms with Crippen molar-refractivity contribution in [1.29, 1.82) is 0 Å². The fourth-order valence-electron chi connectivity index (χ4n) is 7.47. The molecule has 60 heavy (non-hydrogen) atoms. The van der Waals surface area contributed by atoms with Gasteiger partial charge in [-0.25, -0.2) is 0 Å². The molecule has 0 saturated carbocycles. The summed E-state index contributed by atoms with van der Waals surface area (Å²) in [5, 5.41) is 6.27. The van der Waals surface area contributed by atoms with Gasteiger partial charge in [0.2, 0.25) is 0 Å². The Balaban J connectivity index is 1.27. The molecule has 0 fully saturated rings. The molecule has 10 heteroatoms. The zero-order chi connectivity index (χ0) is 41.7. The third-order valence-corrected chi connectivity index (χ3v) is 16.3. The highest BCUT2D eigenvalue weighted by Gasteiger charge is 2.32. The van der Waals surface area contributed by atoms with E-state index < -0.39 is 14.3 Å². The second kappa shape index (κ2) is 17.4. The Bertz CT molecular complexity index is 2560. The van der Waals surface area contributed by atoms with Crippen molar-refractivity contribution in [2.24, 2.45) is 0 Å². The number of hydrogen-bond acceptors (Lipinski definition) is 8. The van der Waals surface area contributed by atoms with Gasteiger partial charge in [-0.05, 0) is 131 Å². The molecule has 0 N–H and O–H groups in total. The molecule has 0 radical (unpaired) electrons. The zero-order valence-corrected chi connectivity index (χ0v) is 35.5. The molecule has 0 aliphatic heterocycles. The summed E-state index contributed by atoms with van der Waals surface area (Å²) in [5.74, 6) is 3.67. The molecule has 0 aliphatic carbocycles. The third kappa shape index (κ3) is 7.85. The van der Waals surface area contributed by atoms with Gasteiger partial charge in [-0.3, -0.25) is 0 Å². The highest BCUT2D eigenvalue weighted by molar-refractivity contribution is 7.79. The van der Waals surface area contributed by atoms with Crippen molar-refractivity contribution in [2.45, 2.75) is 0 Å². The van der Waals surface area contributed by atoms with Gasteiger partial charge in [0.1, 0.15) is 47.2 Å². The van der Waals surface area contributed by atoms with Crippen molar-refractivity contribution < 1.29 is 37.6 Å². The molecule has 0 heterocycles. The van der Waals surface area contributed by atoms with Crippen molar-refractivity contribution >= 4 is 57.0 Å². The Kier molecular flexibility index (Phi) is 11.7. The molecule has 0 saturated heterocycles. The summed E-state index contributed by atoms with van der Waals surface area (Å²) < 4.78 is 66.4. The van der Waals surface area contributed by atoms with Crippen LogP contribution in [0.5, 0.6) is 34.5 Å². The summed E-state index contributed by atoms with van der Waals surface area (Å²) in [6.45, 7) is 0. The normalized spacial score (nSPS) is 11.6. The van der Waals surface area contributed by atoms with Crippen molar-refractivity contribution in [2.75, 3.05) is 41.1 Å². The second-order valence-corrected chi connectivity index (χ2v) is 19.7. The lowest BCUT2D eigenvalue weighted by Gasteiger charge is -2.24. The molecule has 0 atom stereocenters. The fourth-order valence-corrected chi connectivity index (χ4v) is 11.8. The molecule has 0 aliphatic rings.